The molecule has 118 valence electrons. The molecule has 0 amide bonds. The van der Waals surface area contributed by atoms with Gasteiger partial charge in [0.15, 0.2) is 0 Å². The quantitative estimate of drug-likeness (QED) is 0.831. The molecule has 0 aliphatic carbocycles. The van der Waals surface area contributed by atoms with Crippen molar-refractivity contribution in [3.8, 4) is 0 Å². The Labute approximate surface area is 124 Å². The number of nitrogens with two attached hydrogens (primary N) is 1. The van der Waals surface area contributed by atoms with Gasteiger partial charge in [0.1, 0.15) is 0 Å². The van der Waals surface area contributed by atoms with Crippen molar-refractivity contribution in [2.24, 2.45) is 11.7 Å². The lowest BCUT2D eigenvalue weighted by atomic mass is 9.85. The van der Waals surface area contributed by atoms with Gasteiger partial charge in [-0.3, -0.25) is 4.90 Å². The maximum atomic E-state index is 6.25. The van der Waals surface area contributed by atoms with E-state index in [9.17, 15) is 0 Å². The molecule has 0 aromatic carbocycles. The first-order valence-corrected chi connectivity index (χ1v) is 8.40. The van der Waals surface area contributed by atoms with Gasteiger partial charge in [-0.05, 0) is 64.2 Å². The van der Waals surface area contributed by atoms with E-state index in [1.807, 2.05) is 7.11 Å². The molecule has 2 saturated heterocycles. The summed E-state index contributed by atoms with van der Waals surface area (Å²) < 4.78 is 5.38. The van der Waals surface area contributed by atoms with Gasteiger partial charge in [0.2, 0.25) is 0 Å². The highest BCUT2D eigenvalue weighted by atomic mass is 16.5. The van der Waals surface area contributed by atoms with Gasteiger partial charge in [-0.15, -0.1) is 0 Å². The third-order valence-electron chi connectivity index (χ3n) is 5.43. The Morgan fingerprint density at radius 1 is 1.20 bits per heavy atom. The highest BCUT2D eigenvalue weighted by Gasteiger charge is 2.39. The molecular formula is C16H33N3O. The predicted molar refractivity (Wildman–Crippen MR) is 83.9 cm³/mol. The maximum absolute atomic E-state index is 6.25. The third-order valence-corrected chi connectivity index (χ3v) is 5.43. The molecule has 2 fully saturated rings. The van der Waals surface area contributed by atoms with Gasteiger partial charge in [0.25, 0.3) is 0 Å². The lowest BCUT2D eigenvalue weighted by Crippen LogP contribution is -2.57. The fourth-order valence-electron chi connectivity index (χ4n) is 4.07. The van der Waals surface area contributed by atoms with Crippen molar-refractivity contribution in [2.75, 3.05) is 53.0 Å². The Hall–Kier alpha value is -0.160. The molecule has 0 saturated carbocycles. The summed E-state index contributed by atoms with van der Waals surface area (Å²) >= 11 is 0. The Balaban J connectivity index is 2.01. The summed E-state index contributed by atoms with van der Waals surface area (Å²) in [6, 6.07) is 0. The highest BCUT2D eigenvalue weighted by molar-refractivity contribution is 4.96. The zero-order valence-corrected chi connectivity index (χ0v) is 13.4. The molecule has 2 aliphatic heterocycles. The average molecular weight is 283 g/mol. The second-order valence-electron chi connectivity index (χ2n) is 6.63. The van der Waals surface area contributed by atoms with Crippen molar-refractivity contribution < 1.29 is 4.74 Å². The summed E-state index contributed by atoms with van der Waals surface area (Å²) in [5, 5.41) is 0. The van der Waals surface area contributed by atoms with E-state index in [-0.39, 0.29) is 5.54 Å². The summed E-state index contributed by atoms with van der Waals surface area (Å²) in [6.07, 6.45) is 6.40. The van der Waals surface area contributed by atoms with Gasteiger partial charge in [-0.1, -0.05) is 6.92 Å². The van der Waals surface area contributed by atoms with Crippen LogP contribution in [-0.2, 0) is 4.74 Å². The summed E-state index contributed by atoms with van der Waals surface area (Å²) in [4.78, 5) is 5.29. The van der Waals surface area contributed by atoms with E-state index in [0.717, 1.165) is 13.2 Å². The summed E-state index contributed by atoms with van der Waals surface area (Å²) in [5.74, 6) is 0.697. The van der Waals surface area contributed by atoms with Crippen LogP contribution in [0.1, 0.15) is 39.0 Å². The molecule has 20 heavy (non-hydrogen) atoms. The zero-order valence-electron chi connectivity index (χ0n) is 13.4. The molecule has 2 atom stereocenters. The third kappa shape index (κ3) is 3.73. The SMILES string of the molecule is CCN1CCCC(CN)(N2CCCC(COC)C2)CC1. The van der Waals surface area contributed by atoms with Crippen LogP contribution in [0.4, 0.5) is 0 Å². The van der Waals surface area contributed by atoms with E-state index >= 15 is 0 Å². The van der Waals surface area contributed by atoms with Gasteiger partial charge >= 0.3 is 0 Å². The van der Waals surface area contributed by atoms with Crippen LogP contribution in [0.5, 0.6) is 0 Å². The second kappa shape index (κ2) is 7.74. The fraction of sp³-hybridized carbons (Fsp3) is 1.00. The van der Waals surface area contributed by atoms with E-state index in [1.165, 1.54) is 64.8 Å². The average Bonchev–Trinajstić information content (AvgIpc) is 2.71. The van der Waals surface area contributed by atoms with Crippen molar-refractivity contribution in [3.05, 3.63) is 0 Å². The lowest BCUT2D eigenvalue weighted by Gasteiger charge is -2.47. The highest BCUT2D eigenvalue weighted by Crippen LogP contribution is 2.32. The van der Waals surface area contributed by atoms with Gasteiger partial charge < -0.3 is 15.4 Å². The number of rotatable bonds is 5. The first kappa shape index (κ1) is 16.2. The largest absolute Gasteiger partial charge is 0.384 e. The number of nitrogens with zero attached hydrogens (tertiary/aromatic N) is 2. The minimum atomic E-state index is 0.246. The molecule has 0 bridgehead atoms. The molecule has 0 spiro atoms. The van der Waals surface area contributed by atoms with Crippen LogP contribution >= 0.6 is 0 Å². The molecule has 0 aromatic rings. The molecule has 2 rings (SSSR count). The van der Waals surface area contributed by atoms with Gasteiger partial charge in [0, 0.05) is 25.7 Å². The molecule has 2 heterocycles. The van der Waals surface area contributed by atoms with E-state index in [4.69, 9.17) is 10.5 Å². The van der Waals surface area contributed by atoms with Crippen LogP contribution in [0.3, 0.4) is 0 Å². The van der Waals surface area contributed by atoms with Crippen molar-refractivity contribution in [2.45, 2.75) is 44.6 Å². The maximum Gasteiger partial charge on any atom is 0.0502 e. The molecule has 2 unspecified atom stereocenters. The number of hydrogen-bond donors (Lipinski definition) is 1. The standard InChI is InChI=1S/C16H33N3O/c1-3-18-9-5-7-16(14-17,8-11-18)19-10-4-6-15(12-19)13-20-2/h15H,3-14,17H2,1-2H3. The van der Waals surface area contributed by atoms with Crippen LogP contribution in [-0.4, -0.2) is 68.3 Å². The first-order valence-electron chi connectivity index (χ1n) is 8.40. The van der Waals surface area contributed by atoms with Crippen LogP contribution < -0.4 is 5.73 Å². The lowest BCUT2D eigenvalue weighted by molar-refractivity contribution is 0.0142. The molecule has 2 aliphatic rings. The van der Waals surface area contributed by atoms with Gasteiger partial charge in [-0.25, -0.2) is 0 Å². The van der Waals surface area contributed by atoms with Crippen molar-refractivity contribution >= 4 is 0 Å². The number of hydrogen-bond acceptors (Lipinski definition) is 4. The monoisotopic (exact) mass is 283 g/mol. The molecular weight excluding hydrogens is 250 g/mol. The Kier molecular flexibility index (Phi) is 6.27. The number of piperidine rings is 1. The molecule has 4 nitrogen and oxygen atoms in total. The summed E-state index contributed by atoms with van der Waals surface area (Å²) in [5.41, 5.74) is 6.50. The van der Waals surface area contributed by atoms with Gasteiger partial charge in [0.05, 0.1) is 6.61 Å². The Morgan fingerprint density at radius 3 is 2.75 bits per heavy atom. The van der Waals surface area contributed by atoms with Crippen molar-refractivity contribution in [1.82, 2.24) is 9.80 Å². The molecule has 0 aromatic heterocycles. The second-order valence-corrected chi connectivity index (χ2v) is 6.63. The minimum Gasteiger partial charge on any atom is -0.384 e. The molecule has 0 radical (unpaired) electrons. The predicted octanol–water partition coefficient (Wildman–Crippen LogP) is 1.55. The molecule has 4 heteroatoms. The van der Waals surface area contributed by atoms with Crippen LogP contribution in [0, 0.1) is 5.92 Å². The topological polar surface area (TPSA) is 41.7 Å². The zero-order chi connectivity index (χ0) is 14.4. The summed E-state index contributed by atoms with van der Waals surface area (Å²) in [6.45, 7) is 10.0. The fourth-order valence-corrected chi connectivity index (χ4v) is 4.07. The van der Waals surface area contributed by atoms with Gasteiger partial charge in [-0.2, -0.15) is 0 Å². The Bertz CT molecular complexity index is 285. The van der Waals surface area contributed by atoms with E-state index in [2.05, 4.69) is 16.7 Å². The van der Waals surface area contributed by atoms with Crippen LogP contribution in [0.15, 0.2) is 0 Å². The van der Waals surface area contributed by atoms with Crippen molar-refractivity contribution in [3.63, 3.8) is 0 Å². The van der Waals surface area contributed by atoms with E-state index in [1.54, 1.807) is 0 Å². The molecule has 2 N–H and O–H groups in total. The smallest absolute Gasteiger partial charge is 0.0502 e. The number of likely N-dealkylation sites (tertiary alicyclic amines) is 2. The number of ether oxygens (including phenoxy) is 1. The Morgan fingerprint density at radius 2 is 2.05 bits per heavy atom. The van der Waals surface area contributed by atoms with Crippen LogP contribution in [0.2, 0.25) is 0 Å². The minimum absolute atomic E-state index is 0.246. The van der Waals surface area contributed by atoms with E-state index in [0.29, 0.717) is 5.92 Å². The number of methoxy groups -OCH3 is 1. The first-order chi connectivity index (χ1) is 9.74. The summed E-state index contributed by atoms with van der Waals surface area (Å²) in [7, 11) is 1.82. The normalized spacial score (nSPS) is 34.0. The van der Waals surface area contributed by atoms with Crippen molar-refractivity contribution in [1.29, 1.82) is 0 Å². The van der Waals surface area contributed by atoms with Crippen LogP contribution in [0.25, 0.3) is 0 Å². The van der Waals surface area contributed by atoms with E-state index < -0.39 is 0 Å².